The molecule has 4 aromatic carbocycles. The van der Waals surface area contributed by atoms with Crippen molar-refractivity contribution in [1.82, 2.24) is 9.66 Å². The molecule has 0 saturated carbocycles. The summed E-state index contributed by atoms with van der Waals surface area (Å²) in [5.74, 6) is 0.723. The number of para-hydroxylation sites is 1. The summed E-state index contributed by atoms with van der Waals surface area (Å²) in [4.78, 5) is 30.3. The Bertz CT molecular complexity index is 1700. The third-order valence-electron chi connectivity index (χ3n) is 5.55. The van der Waals surface area contributed by atoms with E-state index in [1.807, 2.05) is 48.5 Å². The highest BCUT2D eigenvalue weighted by atomic mass is 127. The Morgan fingerprint density at radius 1 is 1.00 bits per heavy atom. The average Bonchev–Trinajstić information content (AvgIpc) is 2.94. The lowest BCUT2D eigenvalue weighted by Crippen LogP contribution is -2.20. The predicted octanol–water partition coefficient (Wildman–Crippen LogP) is 6.22. The number of hydrogen-bond donors (Lipinski definition) is 1. The summed E-state index contributed by atoms with van der Waals surface area (Å²) in [7, 11) is 0. The van der Waals surface area contributed by atoms with Gasteiger partial charge >= 0.3 is 0 Å². The summed E-state index contributed by atoms with van der Waals surface area (Å²) < 4.78 is 7.81. The van der Waals surface area contributed by atoms with Crippen molar-refractivity contribution in [2.24, 2.45) is 5.10 Å². The Hall–Kier alpha value is -4.02. The molecule has 5 rings (SSSR count). The van der Waals surface area contributed by atoms with Crippen LogP contribution in [0.2, 0.25) is 5.02 Å². The average molecular weight is 635 g/mol. The Kier molecular flexibility index (Phi) is 7.81. The fourth-order valence-electron chi connectivity index (χ4n) is 3.72. The minimum atomic E-state index is -0.287. The normalized spacial score (nSPS) is 11.1. The zero-order chi connectivity index (χ0) is 26.5. The maximum Gasteiger partial charge on any atom is 0.282 e. The number of nitrogens with one attached hydrogen (secondary N) is 1. The van der Waals surface area contributed by atoms with E-state index >= 15 is 0 Å². The van der Waals surface area contributed by atoms with Crippen LogP contribution in [0.15, 0.2) is 107 Å². The van der Waals surface area contributed by atoms with Crippen LogP contribution in [-0.4, -0.2) is 28.4 Å². The molecule has 5 aromatic rings. The van der Waals surface area contributed by atoms with E-state index in [1.54, 1.807) is 54.7 Å². The molecule has 0 fully saturated rings. The van der Waals surface area contributed by atoms with Crippen molar-refractivity contribution >= 4 is 62.9 Å². The number of anilines is 1. The van der Waals surface area contributed by atoms with Crippen molar-refractivity contribution in [1.29, 1.82) is 0 Å². The van der Waals surface area contributed by atoms with E-state index in [0.29, 0.717) is 33.2 Å². The predicted molar refractivity (Wildman–Crippen MR) is 159 cm³/mol. The van der Waals surface area contributed by atoms with Gasteiger partial charge in [0.1, 0.15) is 5.75 Å². The van der Waals surface area contributed by atoms with Crippen LogP contribution in [0.5, 0.6) is 5.75 Å². The van der Waals surface area contributed by atoms with Gasteiger partial charge in [0.25, 0.3) is 11.5 Å². The van der Waals surface area contributed by atoms with Crippen molar-refractivity contribution in [3.63, 3.8) is 0 Å². The lowest BCUT2D eigenvalue weighted by Gasteiger charge is -2.10. The second-order valence-electron chi connectivity index (χ2n) is 8.21. The highest BCUT2D eigenvalue weighted by Crippen LogP contribution is 2.23. The van der Waals surface area contributed by atoms with Crippen LogP contribution >= 0.6 is 34.2 Å². The smallest absolute Gasteiger partial charge is 0.282 e. The SMILES string of the molecule is O=C(COc1ccc(C=Nn2c(-c3ccccc3)nc3ccccc3c2=O)cc1I)Nc1ccc(Cl)cc1. The summed E-state index contributed by atoms with van der Waals surface area (Å²) >= 11 is 8.01. The van der Waals surface area contributed by atoms with Gasteiger partial charge in [0.15, 0.2) is 12.4 Å². The molecule has 0 aliphatic rings. The molecular formula is C29H20ClIN4O3. The van der Waals surface area contributed by atoms with Gasteiger partial charge in [-0.3, -0.25) is 9.59 Å². The van der Waals surface area contributed by atoms with E-state index in [1.165, 1.54) is 4.68 Å². The van der Waals surface area contributed by atoms with E-state index < -0.39 is 0 Å². The Morgan fingerprint density at radius 3 is 2.50 bits per heavy atom. The number of ether oxygens (including phenoxy) is 1. The number of halogens is 2. The maximum atomic E-state index is 13.3. The largest absolute Gasteiger partial charge is 0.483 e. The summed E-state index contributed by atoms with van der Waals surface area (Å²) in [5, 5.41) is 8.34. The molecule has 0 aliphatic heterocycles. The molecule has 9 heteroatoms. The molecule has 0 saturated heterocycles. The zero-order valence-electron chi connectivity index (χ0n) is 19.8. The number of nitrogens with zero attached hydrogens (tertiary/aromatic N) is 3. The summed E-state index contributed by atoms with van der Waals surface area (Å²) in [5.41, 5.74) is 2.53. The standard InChI is InChI=1S/C29H20ClIN4O3/c30-21-11-13-22(14-12-21)33-27(36)18-38-26-15-10-19(16-24(26)31)17-32-35-28(20-6-2-1-3-7-20)34-25-9-5-4-8-23(25)29(35)37/h1-17H,18H2,(H,33,36). The molecule has 0 bridgehead atoms. The second kappa shape index (κ2) is 11.6. The molecule has 38 heavy (non-hydrogen) atoms. The number of carbonyl (C=O) groups is 1. The van der Waals surface area contributed by atoms with Crippen molar-refractivity contribution in [2.45, 2.75) is 0 Å². The zero-order valence-corrected chi connectivity index (χ0v) is 22.8. The van der Waals surface area contributed by atoms with Crippen molar-refractivity contribution < 1.29 is 9.53 Å². The van der Waals surface area contributed by atoms with Crippen molar-refractivity contribution in [2.75, 3.05) is 11.9 Å². The third kappa shape index (κ3) is 5.92. The first-order chi connectivity index (χ1) is 18.5. The van der Waals surface area contributed by atoms with Crippen LogP contribution in [0.1, 0.15) is 5.56 Å². The molecule has 188 valence electrons. The number of rotatable bonds is 7. The number of amides is 1. The number of hydrogen-bond acceptors (Lipinski definition) is 5. The molecule has 1 N–H and O–H groups in total. The molecule has 1 amide bonds. The van der Waals surface area contributed by atoms with E-state index in [9.17, 15) is 9.59 Å². The molecule has 1 heterocycles. The lowest BCUT2D eigenvalue weighted by molar-refractivity contribution is -0.118. The van der Waals surface area contributed by atoms with E-state index in [4.69, 9.17) is 21.3 Å². The number of fused-ring (bicyclic) bond motifs is 1. The van der Waals surface area contributed by atoms with Crippen LogP contribution in [-0.2, 0) is 4.79 Å². The Morgan fingerprint density at radius 2 is 1.74 bits per heavy atom. The third-order valence-corrected chi connectivity index (χ3v) is 6.65. The second-order valence-corrected chi connectivity index (χ2v) is 9.81. The number of aromatic nitrogens is 2. The topological polar surface area (TPSA) is 85.6 Å². The first-order valence-electron chi connectivity index (χ1n) is 11.6. The van der Waals surface area contributed by atoms with Crippen LogP contribution < -0.4 is 15.6 Å². The summed E-state index contributed by atoms with van der Waals surface area (Å²) in [6.07, 6.45) is 1.60. The maximum absolute atomic E-state index is 13.3. The van der Waals surface area contributed by atoms with E-state index in [2.05, 4.69) is 33.0 Å². The fourth-order valence-corrected chi connectivity index (χ4v) is 4.54. The Labute approximate surface area is 236 Å². The molecule has 7 nitrogen and oxygen atoms in total. The lowest BCUT2D eigenvalue weighted by atomic mass is 10.2. The van der Waals surface area contributed by atoms with Gasteiger partial charge in [0, 0.05) is 16.3 Å². The van der Waals surface area contributed by atoms with Crippen LogP contribution in [0, 0.1) is 3.57 Å². The van der Waals surface area contributed by atoms with Crippen molar-refractivity contribution in [3.8, 4) is 17.1 Å². The Balaban J connectivity index is 1.36. The quantitative estimate of drug-likeness (QED) is 0.170. The molecular weight excluding hydrogens is 615 g/mol. The van der Waals surface area contributed by atoms with E-state index in [-0.39, 0.29) is 18.1 Å². The van der Waals surface area contributed by atoms with Gasteiger partial charge < -0.3 is 10.1 Å². The fraction of sp³-hybridized carbons (Fsp3) is 0.0345. The van der Waals surface area contributed by atoms with Gasteiger partial charge in [-0.15, -0.1) is 0 Å². The highest BCUT2D eigenvalue weighted by molar-refractivity contribution is 14.1. The minimum absolute atomic E-state index is 0.148. The molecule has 0 radical (unpaired) electrons. The van der Waals surface area contributed by atoms with Gasteiger partial charge in [0.05, 0.1) is 20.7 Å². The van der Waals surface area contributed by atoms with Crippen LogP contribution in [0.25, 0.3) is 22.3 Å². The molecule has 0 aliphatic carbocycles. The van der Waals surface area contributed by atoms with Gasteiger partial charge in [-0.05, 0) is 82.8 Å². The first kappa shape index (κ1) is 25.6. The molecule has 0 unspecified atom stereocenters. The first-order valence-corrected chi connectivity index (χ1v) is 13.0. The van der Waals surface area contributed by atoms with Gasteiger partial charge in [0.2, 0.25) is 0 Å². The van der Waals surface area contributed by atoms with Gasteiger partial charge in [-0.25, -0.2) is 4.98 Å². The molecule has 0 spiro atoms. The number of carbonyl (C=O) groups excluding carboxylic acids is 1. The van der Waals surface area contributed by atoms with Crippen molar-refractivity contribution in [3.05, 3.63) is 122 Å². The molecule has 1 aromatic heterocycles. The minimum Gasteiger partial charge on any atom is -0.483 e. The van der Waals surface area contributed by atoms with Crippen LogP contribution in [0.4, 0.5) is 5.69 Å². The van der Waals surface area contributed by atoms with E-state index in [0.717, 1.165) is 14.7 Å². The van der Waals surface area contributed by atoms with Gasteiger partial charge in [-0.1, -0.05) is 54.1 Å². The van der Waals surface area contributed by atoms with Crippen LogP contribution in [0.3, 0.4) is 0 Å². The molecule has 0 atom stereocenters. The summed E-state index contributed by atoms with van der Waals surface area (Å²) in [6, 6.07) is 28.9. The monoisotopic (exact) mass is 634 g/mol. The highest BCUT2D eigenvalue weighted by Gasteiger charge is 2.12. The van der Waals surface area contributed by atoms with Gasteiger partial charge in [-0.2, -0.15) is 9.78 Å². The number of benzene rings is 4. The summed E-state index contributed by atoms with van der Waals surface area (Å²) in [6.45, 7) is -0.148.